The zero-order valence-corrected chi connectivity index (χ0v) is 17.2. The van der Waals surface area contributed by atoms with E-state index in [1.165, 1.54) is 0 Å². The fraction of sp³-hybridized carbons (Fsp3) is 0.150. The van der Waals surface area contributed by atoms with Gasteiger partial charge >= 0.3 is 0 Å². The molecule has 1 aliphatic rings. The van der Waals surface area contributed by atoms with Crippen molar-refractivity contribution < 1.29 is 9.47 Å². The van der Waals surface area contributed by atoms with Gasteiger partial charge in [0.2, 0.25) is 5.16 Å². The Labute approximate surface area is 176 Å². The van der Waals surface area contributed by atoms with Crippen molar-refractivity contribution in [1.82, 2.24) is 19.9 Å². The summed E-state index contributed by atoms with van der Waals surface area (Å²) in [6.45, 7) is 0. The highest BCUT2D eigenvalue weighted by molar-refractivity contribution is 7.99. The van der Waals surface area contributed by atoms with Gasteiger partial charge in [-0.15, -0.1) is 10.2 Å². The molecule has 1 unspecified atom stereocenters. The van der Waals surface area contributed by atoms with Crippen molar-refractivity contribution >= 4 is 34.3 Å². The number of benzene rings is 2. The number of hydrogen-bond donors (Lipinski definition) is 1. The van der Waals surface area contributed by atoms with E-state index in [9.17, 15) is 0 Å². The van der Waals surface area contributed by atoms with Crippen LogP contribution < -0.4 is 14.9 Å². The largest absolute Gasteiger partial charge is 0.497 e. The van der Waals surface area contributed by atoms with Crippen molar-refractivity contribution in [3.63, 3.8) is 0 Å². The van der Waals surface area contributed by atoms with Crippen LogP contribution in [-0.4, -0.2) is 34.1 Å². The van der Waals surface area contributed by atoms with Crippen LogP contribution in [-0.2, 0) is 0 Å². The van der Waals surface area contributed by atoms with Gasteiger partial charge in [0.25, 0.3) is 0 Å². The van der Waals surface area contributed by atoms with Gasteiger partial charge in [-0.1, -0.05) is 23.4 Å². The molecule has 1 aliphatic heterocycles. The molecule has 0 aliphatic carbocycles. The summed E-state index contributed by atoms with van der Waals surface area (Å²) in [6.07, 6.45) is 0. The summed E-state index contributed by atoms with van der Waals surface area (Å²) in [5.74, 6) is 2.29. The first-order chi connectivity index (χ1) is 14.2. The summed E-state index contributed by atoms with van der Waals surface area (Å²) in [5.41, 5.74) is 6.06. The van der Waals surface area contributed by atoms with Crippen LogP contribution >= 0.6 is 23.4 Å². The van der Waals surface area contributed by atoms with Gasteiger partial charge in [0.05, 0.1) is 19.7 Å². The minimum Gasteiger partial charge on any atom is -0.497 e. The van der Waals surface area contributed by atoms with Crippen LogP contribution in [0.5, 0.6) is 11.5 Å². The Morgan fingerprint density at radius 2 is 1.76 bits per heavy atom. The lowest BCUT2D eigenvalue weighted by Crippen LogP contribution is -2.14. The van der Waals surface area contributed by atoms with Gasteiger partial charge in [-0.2, -0.15) is 0 Å². The predicted octanol–water partition coefficient (Wildman–Crippen LogP) is 4.51. The maximum absolute atomic E-state index is 6.50. The Morgan fingerprint density at radius 1 is 1.00 bits per heavy atom. The molecule has 146 valence electrons. The van der Waals surface area contributed by atoms with Crippen molar-refractivity contribution in [2.45, 2.75) is 10.5 Å². The third-order valence-corrected chi connectivity index (χ3v) is 6.11. The zero-order chi connectivity index (χ0) is 20.0. The van der Waals surface area contributed by atoms with E-state index in [0.29, 0.717) is 5.15 Å². The van der Waals surface area contributed by atoms with Crippen LogP contribution in [0.1, 0.15) is 10.9 Å². The standard InChI is InChI=1S/C20H16ClN5O2S/c1-27-13-5-3-11(4-6-13)18-23-24-20-26(18)25-19(29-20)15-10-12-9-14(28-2)7-8-16(12)22-17(15)21/h3-10,19,25H,1-2H3. The topological polar surface area (TPSA) is 74.1 Å². The van der Waals surface area contributed by atoms with Gasteiger partial charge in [0.1, 0.15) is 22.0 Å². The van der Waals surface area contributed by atoms with Gasteiger partial charge in [0.15, 0.2) is 5.82 Å². The molecule has 0 spiro atoms. The quantitative estimate of drug-likeness (QED) is 0.482. The molecule has 2 aromatic heterocycles. The molecule has 9 heteroatoms. The van der Waals surface area contributed by atoms with Crippen molar-refractivity contribution in [2.24, 2.45) is 0 Å². The summed E-state index contributed by atoms with van der Waals surface area (Å²) >= 11 is 8.05. The van der Waals surface area contributed by atoms with Gasteiger partial charge in [0, 0.05) is 16.5 Å². The van der Waals surface area contributed by atoms with Gasteiger partial charge in [-0.3, -0.25) is 0 Å². The molecule has 0 saturated carbocycles. The fourth-order valence-electron chi connectivity index (χ4n) is 3.23. The van der Waals surface area contributed by atoms with Crippen molar-refractivity contribution in [3.8, 4) is 22.9 Å². The van der Waals surface area contributed by atoms with E-state index < -0.39 is 0 Å². The number of rotatable bonds is 4. The summed E-state index contributed by atoms with van der Waals surface area (Å²) in [6, 6.07) is 15.4. The number of nitrogens with one attached hydrogen (secondary N) is 1. The van der Waals surface area contributed by atoms with E-state index in [2.05, 4.69) is 20.6 Å². The molecular weight excluding hydrogens is 410 g/mol. The van der Waals surface area contributed by atoms with Gasteiger partial charge < -0.3 is 14.9 Å². The summed E-state index contributed by atoms with van der Waals surface area (Å²) in [4.78, 5) is 4.54. The van der Waals surface area contributed by atoms with Crippen molar-refractivity contribution in [1.29, 1.82) is 0 Å². The van der Waals surface area contributed by atoms with Crippen LogP contribution in [0.25, 0.3) is 22.3 Å². The minimum absolute atomic E-state index is 0.131. The highest BCUT2D eigenvalue weighted by Gasteiger charge is 2.30. The molecule has 7 nitrogen and oxygen atoms in total. The second kappa shape index (κ2) is 7.13. The number of hydrogen-bond acceptors (Lipinski definition) is 7. The molecule has 1 N–H and O–H groups in total. The molecule has 0 fully saturated rings. The molecule has 29 heavy (non-hydrogen) atoms. The number of fused-ring (bicyclic) bond motifs is 2. The first-order valence-corrected chi connectivity index (χ1v) is 10.1. The number of thioether (sulfide) groups is 1. The highest BCUT2D eigenvalue weighted by Crippen LogP contribution is 2.43. The molecule has 4 aromatic rings. The zero-order valence-electron chi connectivity index (χ0n) is 15.6. The van der Waals surface area contributed by atoms with Crippen LogP contribution in [0.15, 0.2) is 53.7 Å². The number of halogens is 1. The second-order valence-electron chi connectivity index (χ2n) is 6.42. The highest BCUT2D eigenvalue weighted by atomic mass is 35.5. The molecule has 0 radical (unpaired) electrons. The lowest BCUT2D eigenvalue weighted by atomic mass is 10.1. The van der Waals surface area contributed by atoms with Crippen LogP contribution in [0.4, 0.5) is 0 Å². The Hall–Kier alpha value is -2.97. The third kappa shape index (κ3) is 3.14. The first-order valence-electron chi connectivity index (χ1n) is 8.83. The smallest absolute Gasteiger partial charge is 0.212 e. The van der Waals surface area contributed by atoms with Crippen LogP contribution in [0.2, 0.25) is 5.15 Å². The Bertz CT molecular complexity index is 1210. The molecule has 5 rings (SSSR count). The summed E-state index contributed by atoms with van der Waals surface area (Å²) < 4.78 is 12.4. The number of methoxy groups -OCH3 is 2. The average Bonchev–Trinajstić information content (AvgIpc) is 3.34. The third-order valence-electron chi connectivity index (χ3n) is 4.74. The lowest BCUT2D eigenvalue weighted by molar-refractivity contribution is 0.415. The molecular formula is C20H16ClN5O2S. The normalized spacial score (nSPS) is 15.2. The molecule has 0 amide bonds. The Morgan fingerprint density at radius 3 is 2.52 bits per heavy atom. The molecule has 1 atom stereocenters. The van der Waals surface area contributed by atoms with E-state index in [1.807, 2.05) is 53.2 Å². The van der Waals surface area contributed by atoms with E-state index in [0.717, 1.165) is 44.5 Å². The van der Waals surface area contributed by atoms with E-state index in [4.69, 9.17) is 21.1 Å². The number of pyridine rings is 1. The molecule has 0 saturated heterocycles. The minimum atomic E-state index is -0.131. The summed E-state index contributed by atoms with van der Waals surface area (Å²) in [5, 5.41) is 10.7. The number of aromatic nitrogens is 4. The van der Waals surface area contributed by atoms with Crippen LogP contribution in [0.3, 0.4) is 0 Å². The second-order valence-corrected chi connectivity index (χ2v) is 7.85. The van der Waals surface area contributed by atoms with Crippen molar-refractivity contribution in [2.75, 3.05) is 19.6 Å². The van der Waals surface area contributed by atoms with E-state index in [1.54, 1.807) is 26.0 Å². The molecule has 2 aromatic carbocycles. The van der Waals surface area contributed by atoms with E-state index in [-0.39, 0.29) is 5.37 Å². The number of nitrogens with zero attached hydrogens (tertiary/aromatic N) is 4. The number of ether oxygens (including phenoxy) is 2. The molecule has 3 heterocycles. The monoisotopic (exact) mass is 425 g/mol. The maximum Gasteiger partial charge on any atom is 0.212 e. The first kappa shape index (κ1) is 18.1. The predicted molar refractivity (Wildman–Crippen MR) is 113 cm³/mol. The lowest BCUT2D eigenvalue weighted by Gasteiger charge is -2.14. The average molecular weight is 426 g/mol. The molecule has 0 bridgehead atoms. The summed E-state index contributed by atoms with van der Waals surface area (Å²) in [7, 11) is 3.29. The SMILES string of the molecule is COc1ccc(-c2nnc3n2NC(c2cc4cc(OC)ccc4nc2Cl)S3)cc1. The van der Waals surface area contributed by atoms with E-state index >= 15 is 0 Å². The Balaban J connectivity index is 1.49. The van der Waals surface area contributed by atoms with Gasteiger partial charge in [-0.05, 0) is 48.5 Å². The van der Waals surface area contributed by atoms with Gasteiger partial charge in [-0.25, -0.2) is 9.66 Å². The van der Waals surface area contributed by atoms with Crippen molar-refractivity contribution in [3.05, 3.63) is 59.2 Å². The fourth-order valence-corrected chi connectivity index (χ4v) is 4.56. The maximum atomic E-state index is 6.50. The Kier molecular flexibility index (Phi) is 4.44. The van der Waals surface area contributed by atoms with Crippen LogP contribution in [0, 0.1) is 0 Å².